The van der Waals surface area contributed by atoms with E-state index in [-0.39, 0.29) is 68.1 Å². The fourth-order valence-electron chi connectivity index (χ4n) is 11.3. The number of aliphatic hydroxyl groups excluding tert-OH is 1. The van der Waals surface area contributed by atoms with E-state index in [4.69, 9.17) is 0 Å². The van der Waals surface area contributed by atoms with Crippen LogP contribution < -0.4 is 21.3 Å². The summed E-state index contributed by atoms with van der Waals surface area (Å²) in [6.45, 7) is 31.8. The van der Waals surface area contributed by atoms with Crippen LogP contribution in [0.2, 0.25) is 0 Å². The van der Waals surface area contributed by atoms with Crippen LogP contribution >= 0.6 is 0 Å². The van der Waals surface area contributed by atoms with Gasteiger partial charge in [-0.25, -0.2) is 0 Å². The Morgan fingerprint density at radius 1 is 0.443 bits per heavy atom. The Bertz CT molecular complexity index is 2390. The Balaban J connectivity index is 4.42. The average Bonchev–Trinajstić information content (AvgIpc) is 2.48. The fraction of sp³-hybridized carbons (Fsp3) is 0.800. The van der Waals surface area contributed by atoms with Crippen molar-refractivity contribution < 1.29 is 57.8 Å². The molecule has 0 aliphatic carbocycles. The van der Waals surface area contributed by atoms with Crippen molar-refractivity contribution in [3.05, 3.63) is 12.2 Å². The van der Waals surface area contributed by atoms with Gasteiger partial charge in [0.2, 0.25) is 65.0 Å². The van der Waals surface area contributed by atoms with Crippen molar-refractivity contribution in [3.8, 4) is 0 Å². The highest BCUT2D eigenvalue weighted by molar-refractivity contribution is 5.99. The molecule has 12 atom stereocenters. The molecule has 23 nitrogen and oxygen atoms in total. The van der Waals surface area contributed by atoms with Crippen LogP contribution in [0.25, 0.3) is 0 Å². The Labute approximate surface area is 527 Å². The Morgan fingerprint density at radius 2 is 0.852 bits per heavy atom. The molecule has 1 rings (SSSR count). The predicted octanol–water partition coefficient (Wildman–Crippen LogP) is 4.30. The van der Waals surface area contributed by atoms with Crippen molar-refractivity contribution in [2.75, 3.05) is 55.9 Å². The number of rotatable bonds is 17. The zero-order valence-corrected chi connectivity index (χ0v) is 58.3. The second-order valence-electron chi connectivity index (χ2n) is 27.6. The van der Waals surface area contributed by atoms with Gasteiger partial charge < -0.3 is 60.7 Å². The molecule has 0 spiro atoms. The largest absolute Gasteiger partial charge is 0.390 e. The lowest BCUT2D eigenvalue weighted by molar-refractivity contribution is -0.157. The van der Waals surface area contributed by atoms with Crippen LogP contribution in [0, 0.1) is 47.3 Å². The predicted molar refractivity (Wildman–Crippen MR) is 342 cm³/mol. The van der Waals surface area contributed by atoms with Gasteiger partial charge in [-0.05, 0) is 106 Å². The minimum absolute atomic E-state index is 0.0224. The molecule has 5 N–H and O–H groups in total. The third kappa shape index (κ3) is 22.7. The van der Waals surface area contributed by atoms with Crippen molar-refractivity contribution in [3.63, 3.8) is 0 Å². The first-order valence-corrected chi connectivity index (χ1v) is 32.0. The van der Waals surface area contributed by atoms with Crippen LogP contribution in [0.4, 0.5) is 0 Å². The summed E-state index contributed by atoms with van der Waals surface area (Å²) < 4.78 is 0. The topological polar surface area (TPSA) is 279 Å². The van der Waals surface area contributed by atoms with Crippen LogP contribution in [0.15, 0.2) is 12.2 Å². The van der Waals surface area contributed by atoms with Gasteiger partial charge in [0.05, 0.1) is 12.6 Å². The molecule has 1 aliphatic rings. The number of nitrogens with one attached hydrogen (secondary N) is 4. The Kier molecular flexibility index (Phi) is 33.1. The summed E-state index contributed by atoms with van der Waals surface area (Å²) in [6, 6.07) is -12.3. The van der Waals surface area contributed by atoms with E-state index in [0.717, 1.165) is 9.80 Å². The number of nitrogens with zero attached hydrogens (tertiary/aromatic N) is 7. The monoisotopic (exact) mass is 1240 g/mol. The standard InChI is InChI=1S/C65H117N11O12/c1-26-28-29-43(17)55(78)54-59(82)67-45(27-2)61(84)70(19)35-51(77)71(20)47(31-37(5)6)58(81)69-52(41(13)14)64(87)72(21)48(32-38(7)8)57(80)68-46(30-36(3)4)56(79)66-44(18)60(83)73(22)49(33-39(9)10)62(85)74(23)50(34-40(11)12)63(86)75(24)53(42(15)16)65(88)76(54)25/h26,28,36-50,52-55,78H,27,29-35H2,1-25H3,(H,66,79)(H,67,82)(H,68,80)(H,69,81)/b28-26+/t43-,44-,45+,46+,47+,48+,49+,50-,52+,53+,54+,55-/m1/s1. The second kappa shape index (κ2) is 36.5. The van der Waals surface area contributed by atoms with Crippen LogP contribution in [0.3, 0.4) is 0 Å². The molecule has 1 saturated heterocycles. The van der Waals surface area contributed by atoms with E-state index < -0.39 is 156 Å². The summed E-state index contributed by atoms with van der Waals surface area (Å²) in [6.07, 6.45) is 3.19. The van der Waals surface area contributed by atoms with Gasteiger partial charge in [-0.1, -0.05) is 123 Å². The molecular formula is C65H117N11O12. The van der Waals surface area contributed by atoms with Crippen LogP contribution in [-0.4, -0.2) is 227 Å². The third-order valence-corrected chi connectivity index (χ3v) is 16.7. The lowest BCUT2D eigenvalue weighted by Crippen LogP contribution is -2.63. The normalized spacial score (nSPS) is 26.5. The molecule has 0 bridgehead atoms. The van der Waals surface area contributed by atoms with Crippen molar-refractivity contribution in [1.29, 1.82) is 0 Å². The number of amides is 11. The van der Waals surface area contributed by atoms with E-state index in [1.165, 1.54) is 80.8 Å². The first-order valence-electron chi connectivity index (χ1n) is 32.0. The molecule has 504 valence electrons. The summed E-state index contributed by atoms with van der Waals surface area (Å²) >= 11 is 0. The molecule has 0 aromatic heterocycles. The maximum Gasteiger partial charge on any atom is 0.246 e. The second-order valence-corrected chi connectivity index (χ2v) is 27.6. The molecule has 1 aliphatic heterocycles. The van der Waals surface area contributed by atoms with E-state index in [9.17, 15) is 43.5 Å². The molecule has 1 heterocycles. The van der Waals surface area contributed by atoms with Crippen molar-refractivity contribution in [2.45, 2.75) is 236 Å². The lowest BCUT2D eigenvalue weighted by atomic mass is 9.91. The molecule has 1 fully saturated rings. The van der Waals surface area contributed by atoms with E-state index in [1.807, 2.05) is 75.3 Å². The highest BCUT2D eigenvalue weighted by atomic mass is 16.3. The third-order valence-electron chi connectivity index (χ3n) is 16.7. The molecule has 11 amide bonds. The molecule has 0 aromatic rings. The van der Waals surface area contributed by atoms with Gasteiger partial charge in [0.15, 0.2) is 0 Å². The van der Waals surface area contributed by atoms with E-state index in [2.05, 4.69) is 21.3 Å². The highest BCUT2D eigenvalue weighted by Crippen LogP contribution is 2.26. The van der Waals surface area contributed by atoms with E-state index >= 15 is 14.4 Å². The summed E-state index contributed by atoms with van der Waals surface area (Å²) in [4.78, 5) is 170. The zero-order chi connectivity index (χ0) is 68.3. The number of carbonyl (C=O) groups excluding carboxylic acids is 11. The quantitative estimate of drug-likeness (QED) is 0.128. The highest BCUT2D eigenvalue weighted by Gasteiger charge is 2.46. The van der Waals surface area contributed by atoms with Crippen molar-refractivity contribution >= 4 is 65.0 Å². The first-order chi connectivity index (χ1) is 40.6. The fourth-order valence-corrected chi connectivity index (χ4v) is 11.3. The summed E-state index contributed by atoms with van der Waals surface area (Å²) in [5.74, 6) is -9.77. The summed E-state index contributed by atoms with van der Waals surface area (Å²) in [5, 5.41) is 23.4. The molecule has 0 unspecified atom stereocenters. The molecular weight excluding hydrogens is 1130 g/mol. The van der Waals surface area contributed by atoms with Gasteiger partial charge in [0, 0.05) is 49.3 Å². The number of aliphatic hydroxyl groups is 1. The molecule has 88 heavy (non-hydrogen) atoms. The number of allylic oxidation sites excluding steroid dienone is 2. The molecule has 0 saturated carbocycles. The van der Waals surface area contributed by atoms with E-state index in [1.54, 1.807) is 54.5 Å². The number of hydrogen-bond donors (Lipinski definition) is 5. The number of hydrogen-bond acceptors (Lipinski definition) is 12. The molecule has 0 aromatic carbocycles. The van der Waals surface area contributed by atoms with Crippen molar-refractivity contribution in [2.24, 2.45) is 47.3 Å². The van der Waals surface area contributed by atoms with Crippen LogP contribution in [0.5, 0.6) is 0 Å². The molecule has 0 radical (unpaired) electrons. The smallest absolute Gasteiger partial charge is 0.246 e. The lowest BCUT2D eigenvalue weighted by Gasteiger charge is -2.41. The zero-order valence-electron chi connectivity index (χ0n) is 58.3. The van der Waals surface area contributed by atoms with Crippen LogP contribution in [0.1, 0.15) is 170 Å². The van der Waals surface area contributed by atoms with E-state index in [0.29, 0.717) is 6.42 Å². The van der Waals surface area contributed by atoms with Gasteiger partial charge in [-0.3, -0.25) is 52.7 Å². The number of carbonyl (C=O) groups is 11. The summed E-state index contributed by atoms with van der Waals surface area (Å²) in [7, 11) is 9.98. The van der Waals surface area contributed by atoms with Gasteiger partial charge in [0.25, 0.3) is 0 Å². The molecule has 23 heteroatoms. The van der Waals surface area contributed by atoms with Gasteiger partial charge in [-0.2, -0.15) is 0 Å². The Hall–Kier alpha value is -6.13. The van der Waals surface area contributed by atoms with Gasteiger partial charge in [0.1, 0.15) is 60.4 Å². The van der Waals surface area contributed by atoms with Crippen LogP contribution in [-0.2, 0) is 52.7 Å². The summed E-state index contributed by atoms with van der Waals surface area (Å²) in [5.41, 5.74) is 0. The average molecular weight is 1240 g/mol. The SMILES string of the molecule is C/C=C/C[C@@H](C)[C@@H](O)[C@H]1C(=O)N[C@@H](CC)C(=O)N(C)CC(=O)N(C)[C@@H](CC(C)C)C(=O)N[C@@H](C(C)C)C(=O)N(C)[C@@H](CC(C)C)C(=O)N[C@@H](CC(C)C)C(=O)N[C@H](C)C(=O)N(C)[C@@H](CC(C)C)C(=O)N(C)[C@H](CC(C)C)C(=O)N(C)[C@@H](C(C)C)C(=O)N1C. The maximum absolute atomic E-state index is 15.2. The minimum Gasteiger partial charge on any atom is -0.390 e. The van der Waals surface area contributed by atoms with Crippen molar-refractivity contribution in [1.82, 2.24) is 55.6 Å². The first kappa shape index (κ1) is 79.9. The van der Waals surface area contributed by atoms with Gasteiger partial charge >= 0.3 is 0 Å². The minimum atomic E-state index is -1.61. The Morgan fingerprint density at radius 3 is 1.30 bits per heavy atom. The maximum atomic E-state index is 15.2. The van der Waals surface area contributed by atoms with Gasteiger partial charge in [-0.15, -0.1) is 0 Å². The number of likely N-dealkylation sites (N-methyl/N-ethyl adjacent to an activating group) is 7.